The molecular weight excluding hydrogens is 560 g/mol. The first kappa shape index (κ1) is 30.7. The van der Waals surface area contributed by atoms with Gasteiger partial charge in [-0.1, -0.05) is 43.3 Å². The first-order chi connectivity index (χ1) is 21.2. The maximum Gasteiger partial charge on any atom is 0.303 e. The second-order valence-electron chi connectivity index (χ2n) is 11.1. The molecule has 0 saturated carbocycles. The Labute approximate surface area is 257 Å². The highest BCUT2D eigenvalue weighted by molar-refractivity contribution is 6.07. The molecule has 3 aromatic carbocycles. The number of carbonyl (C=O) groups is 3. The molecule has 0 radical (unpaired) electrons. The summed E-state index contributed by atoms with van der Waals surface area (Å²) in [4.78, 5) is 41.5. The predicted octanol–water partition coefficient (Wildman–Crippen LogP) is 6.65. The van der Waals surface area contributed by atoms with Gasteiger partial charge in [0.2, 0.25) is 5.91 Å². The van der Waals surface area contributed by atoms with Gasteiger partial charge in [-0.2, -0.15) is 0 Å². The molecule has 0 aromatic heterocycles. The third-order valence-electron chi connectivity index (χ3n) is 8.31. The molecule has 1 aliphatic carbocycles. The smallest absolute Gasteiger partial charge is 0.303 e. The lowest BCUT2D eigenvalue weighted by atomic mass is 9.78. The van der Waals surface area contributed by atoms with Gasteiger partial charge >= 0.3 is 5.97 Å². The molecule has 1 heterocycles. The van der Waals surface area contributed by atoms with Crippen LogP contribution in [-0.2, 0) is 14.4 Å². The number of ketones is 1. The van der Waals surface area contributed by atoms with E-state index in [0.717, 1.165) is 12.0 Å². The summed E-state index contributed by atoms with van der Waals surface area (Å²) in [6, 6.07) is 19.7. The molecule has 1 aliphatic heterocycles. The average molecular weight is 599 g/mol. The Balaban J connectivity index is 1.69. The number of nitrogens with zero attached hydrogens (tertiary/aromatic N) is 1. The van der Waals surface area contributed by atoms with Crippen molar-refractivity contribution in [1.29, 1.82) is 0 Å². The number of para-hydroxylation sites is 3. The summed E-state index contributed by atoms with van der Waals surface area (Å²) >= 11 is 0. The van der Waals surface area contributed by atoms with Gasteiger partial charge in [0.15, 0.2) is 17.3 Å². The van der Waals surface area contributed by atoms with Gasteiger partial charge in [0, 0.05) is 29.7 Å². The predicted molar refractivity (Wildman–Crippen MR) is 168 cm³/mol. The van der Waals surface area contributed by atoms with E-state index in [0.29, 0.717) is 51.9 Å². The van der Waals surface area contributed by atoms with Crippen molar-refractivity contribution in [3.63, 3.8) is 0 Å². The molecule has 2 aliphatic rings. The van der Waals surface area contributed by atoms with Crippen LogP contribution in [0.25, 0.3) is 0 Å². The second-order valence-corrected chi connectivity index (χ2v) is 11.1. The van der Waals surface area contributed by atoms with Crippen LogP contribution in [0.15, 0.2) is 78.0 Å². The first-order valence-corrected chi connectivity index (χ1v) is 14.9. The molecule has 9 heteroatoms. The van der Waals surface area contributed by atoms with Gasteiger partial charge in [0.1, 0.15) is 5.75 Å². The molecule has 5 rings (SSSR count). The minimum Gasteiger partial charge on any atom is -0.493 e. The Kier molecular flexibility index (Phi) is 9.23. The van der Waals surface area contributed by atoms with Gasteiger partial charge in [0.25, 0.3) is 0 Å². The summed E-state index contributed by atoms with van der Waals surface area (Å²) in [7, 11) is 3.16. The highest BCUT2D eigenvalue weighted by Gasteiger charge is 2.42. The lowest BCUT2D eigenvalue weighted by Crippen LogP contribution is -2.39. The fourth-order valence-electron chi connectivity index (χ4n) is 5.95. The molecule has 0 saturated heterocycles. The lowest BCUT2D eigenvalue weighted by molar-refractivity contribution is -0.138. The van der Waals surface area contributed by atoms with E-state index in [-0.39, 0.29) is 37.1 Å². The van der Waals surface area contributed by atoms with E-state index in [1.54, 1.807) is 19.1 Å². The number of amides is 1. The summed E-state index contributed by atoms with van der Waals surface area (Å²) in [5.74, 6) is 0.0439. The van der Waals surface area contributed by atoms with Crippen LogP contribution in [0.2, 0.25) is 0 Å². The normalized spacial score (nSPS) is 18.4. The molecule has 0 spiro atoms. The van der Waals surface area contributed by atoms with E-state index in [1.807, 2.05) is 80.6 Å². The second kappa shape index (κ2) is 13.2. The van der Waals surface area contributed by atoms with Crippen LogP contribution in [-0.4, -0.2) is 43.1 Å². The third kappa shape index (κ3) is 6.13. The number of methoxy groups -OCH3 is 2. The number of hydrogen-bond donors (Lipinski definition) is 2. The van der Waals surface area contributed by atoms with Crippen LogP contribution in [0.4, 0.5) is 11.4 Å². The van der Waals surface area contributed by atoms with Gasteiger partial charge < -0.3 is 24.6 Å². The fourth-order valence-corrected chi connectivity index (χ4v) is 5.95. The maximum atomic E-state index is 14.4. The van der Waals surface area contributed by atoms with Gasteiger partial charge in [-0.25, -0.2) is 0 Å². The van der Waals surface area contributed by atoms with Crippen molar-refractivity contribution in [3.05, 3.63) is 89.1 Å². The molecule has 1 unspecified atom stereocenters. The number of carboxylic acid groups (broad SMARTS) is 1. The van der Waals surface area contributed by atoms with Crippen molar-refractivity contribution in [1.82, 2.24) is 0 Å². The van der Waals surface area contributed by atoms with Crippen LogP contribution in [0.5, 0.6) is 17.2 Å². The summed E-state index contributed by atoms with van der Waals surface area (Å²) < 4.78 is 17.3. The van der Waals surface area contributed by atoms with E-state index in [2.05, 4.69) is 5.32 Å². The number of Topliss-reactive ketones (excluding diaryl/α,β-unsaturated/α-hetero) is 1. The number of carbonyl (C=O) groups excluding carboxylic acids is 2. The van der Waals surface area contributed by atoms with E-state index >= 15 is 0 Å². The number of rotatable bonds is 10. The summed E-state index contributed by atoms with van der Waals surface area (Å²) in [6.07, 6.45) is 0.837. The largest absolute Gasteiger partial charge is 0.493 e. The van der Waals surface area contributed by atoms with Gasteiger partial charge in [0.05, 0.1) is 44.2 Å². The van der Waals surface area contributed by atoms with Crippen molar-refractivity contribution in [2.24, 2.45) is 0 Å². The third-order valence-corrected chi connectivity index (χ3v) is 8.31. The van der Waals surface area contributed by atoms with E-state index in [4.69, 9.17) is 14.2 Å². The van der Waals surface area contributed by atoms with Crippen LogP contribution < -0.4 is 24.4 Å². The van der Waals surface area contributed by atoms with Crippen molar-refractivity contribution in [3.8, 4) is 17.2 Å². The van der Waals surface area contributed by atoms with Gasteiger partial charge in [-0.3, -0.25) is 19.3 Å². The number of aliphatic carboxylic acids is 1. The Morgan fingerprint density at radius 1 is 0.955 bits per heavy atom. The quantitative estimate of drug-likeness (QED) is 0.267. The molecule has 0 bridgehead atoms. The highest BCUT2D eigenvalue weighted by Crippen LogP contribution is 2.49. The van der Waals surface area contributed by atoms with Crippen LogP contribution in [0.3, 0.4) is 0 Å². The zero-order valence-electron chi connectivity index (χ0n) is 25.5. The van der Waals surface area contributed by atoms with Crippen molar-refractivity contribution in [2.75, 3.05) is 24.4 Å². The Morgan fingerprint density at radius 2 is 1.68 bits per heavy atom. The van der Waals surface area contributed by atoms with Gasteiger partial charge in [-0.15, -0.1) is 0 Å². The van der Waals surface area contributed by atoms with Crippen LogP contribution >= 0.6 is 0 Å². The molecule has 2 N–H and O–H groups in total. The monoisotopic (exact) mass is 598 g/mol. The SMILES string of the molecule is CC[C@H](C)Oc1ccccc1C1C2=C(C[C@@H](c3ccc(OC)c(OC)c3)CC2=O)Nc2ccccc2N1C(=O)CCC(=O)O. The van der Waals surface area contributed by atoms with E-state index in [1.165, 1.54) is 0 Å². The van der Waals surface area contributed by atoms with Crippen LogP contribution in [0.1, 0.15) is 69.0 Å². The Morgan fingerprint density at radius 3 is 2.41 bits per heavy atom. The number of anilines is 2. The van der Waals surface area contributed by atoms with E-state index in [9.17, 15) is 19.5 Å². The topological polar surface area (TPSA) is 114 Å². The standard InChI is InChI=1S/C35H38N2O7/c1-5-21(2)44-29-13-9-6-10-24(29)35-34-26(18-23(19-28(34)38)22-14-15-30(42-3)31(20-22)43-4)36-25-11-7-8-12-27(25)37(35)32(39)16-17-33(40)41/h6-15,20-21,23,35-36H,5,16-19H2,1-4H3,(H,40,41)/t21-,23+,35?/m0/s1. The molecule has 1 amide bonds. The molecule has 9 nitrogen and oxygen atoms in total. The minimum atomic E-state index is -1.07. The molecule has 44 heavy (non-hydrogen) atoms. The number of fused-ring (bicyclic) bond motifs is 1. The van der Waals surface area contributed by atoms with E-state index < -0.39 is 17.9 Å². The number of allylic oxidation sites excluding steroid dienone is 1. The summed E-state index contributed by atoms with van der Waals surface area (Å²) in [6.45, 7) is 4.00. The molecule has 3 aromatic rings. The highest BCUT2D eigenvalue weighted by atomic mass is 16.5. The number of benzene rings is 3. The zero-order chi connectivity index (χ0) is 31.4. The summed E-state index contributed by atoms with van der Waals surface area (Å²) in [5, 5.41) is 12.9. The fraction of sp³-hybridized carbons (Fsp3) is 0.343. The lowest BCUT2D eigenvalue weighted by Gasteiger charge is -2.36. The zero-order valence-corrected chi connectivity index (χ0v) is 25.5. The first-order valence-electron chi connectivity index (χ1n) is 14.9. The number of carboxylic acids is 1. The van der Waals surface area contributed by atoms with Crippen molar-refractivity contribution in [2.45, 2.75) is 64.0 Å². The molecule has 3 atom stereocenters. The van der Waals surface area contributed by atoms with Gasteiger partial charge in [-0.05, 0) is 61.6 Å². The number of ether oxygens (including phenoxy) is 3. The average Bonchev–Trinajstić information content (AvgIpc) is 3.18. The number of hydrogen-bond acceptors (Lipinski definition) is 7. The summed E-state index contributed by atoms with van der Waals surface area (Å²) in [5.41, 5.74) is 4.02. The van der Waals surface area contributed by atoms with Crippen molar-refractivity contribution >= 4 is 29.0 Å². The Hall–Kier alpha value is -4.79. The van der Waals surface area contributed by atoms with Crippen molar-refractivity contribution < 1.29 is 33.7 Å². The Bertz CT molecular complexity index is 1600. The van der Waals surface area contributed by atoms with Crippen LogP contribution in [0, 0.1) is 0 Å². The number of nitrogens with one attached hydrogen (secondary N) is 1. The molecule has 0 fully saturated rings. The minimum absolute atomic E-state index is 0.103. The molecule has 230 valence electrons. The maximum absolute atomic E-state index is 14.4. The molecular formula is C35H38N2O7.